The molecule has 0 aliphatic carbocycles. The molecule has 666 valence electrons. The van der Waals surface area contributed by atoms with Crippen LogP contribution >= 0.6 is 39.1 Å². The lowest BCUT2D eigenvalue weighted by Gasteiger charge is -2.30. The Labute approximate surface area is 684 Å². The Hall–Kier alpha value is -8.20. The molecule has 17 rings (SSSR count). The van der Waals surface area contributed by atoms with Crippen LogP contribution in [0.25, 0.3) is 55.8 Å². The van der Waals surface area contributed by atoms with E-state index in [-0.39, 0.29) is 56.4 Å². The summed E-state index contributed by atoms with van der Waals surface area (Å²) in [4.78, 5) is 121. The Morgan fingerprint density at radius 3 is 1.50 bits per heavy atom. The number of ether oxygens (including phenoxy) is 5. The van der Waals surface area contributed by atoms with Crippen molar-refractivity contribution in [3.63, 3.8) is 0 Å². The van der Waals surface area contributed by atoms with Crippen LogP contribution < -0.4 is 35.0 Å². The molecule has 10 aromatic heterocycles. The smallest absolute Gasteiger partial charge is 0.470 e. The molecule has 2 unspecified atom stereocenters. The van der Waals surface area contributed by atoms with E-state index in [0.29, 0.717) is 32.3 Å². The Kier molecular flexibility index (Phi) is 26.2. The van der Waals surface area contributed by atoms with Crippen molar-refractivity contribution in [2.24, 2.45) is 19.2 Å². The Bertz CT molecular complexity index is 5790. The van der Waals surface area contributed by atoms with Gasteiger partial charge in [-0.25, -0.2) is 66.0 Å². The number of pyridine rings is 3. The number of imidazole rings is 5. The lowest BCUT2D eigenvalue weighted by molar-refractivity contribution is -0.746. The fourth-order valence-corrected chi connectivity index (χ4v) is 16.3. The zero-order valence-electron chi connectivity index (χ0n) is 62.5. The summed E-state index contributed by atoms with van der Waals surface area (Å²) in [6.07, 6.45) is -14.0. The summed E-state index contributed by atoms with van der Waals surface area (Å²) in [6.45, 7) is -0.568. The predicted octanol–water partition coefficient (Wildman–Crippen LogP) is -9.29. The van der Waals surface area contributed by atoms with Gasteiger partial charge in [-0.2, -0.15) is 4.73 Å². The summed E-state index contributed by atoms with van der Waals surface area (Å²) in [5.74, 6) is 0.497. The predicted molar refractivity (Wildman–Crippen MR) is 389 cm³/mol. The molecule has 5 saturated heterocycles. The lowest BCUT2D eigenvalue weighted by Crippen LogP contribution is -2.46. The number of nitrogens with zero attached hydrogens (tertiary/aromatic N) is 19. The van der Waals surface area contributed by atoms with Crippen LogP contribution in [0, 0.1) is 5.41 Å². The third kappa shape index (κ3) is 18.7. The lowest BCUT2D eigenvalue weighted by atomic mass is 10.1. The number of nitrogens with one attached hydrogen (secondary N) is 1. The third-order valence-corrected chi connectivity index (χ3v) is 22.3. The van der Waals surface area contributed by atoms with Crippen LogP contribution in [0.3, 0.4) is 0 Å². The van der Waals surface area contributed by atoms with E-state index in [1.165, 1.54) is 60.3 Å². The molecule has 7 aliphatic rings. The van der Waals surface area contributed by atoms with E-state index < -0.39 is 194 Å². The number of phosphoric acid groups is 5. The summed E-state index contributed by atoms with van der Waals surface area (Å²) in [6, 6.07) is 4.76. The summed E-state index contributed by atoms with van der Waals surface area (Å²) < 4.78 is 116. The minimum atomic E-state index is -4.92. The van der Waals surface area contributed by atoms with Crippen LogP contribution in [0.1, 0.15) is 50.0 Å². The van der Waals surface area contributed by atoms with Crippen molar-refractivity contribution < 1.29 is 193 Å². The molecule has 0 saturated carbocycles. The average molecular weight is 1850 g/mol. The van der Waals surface area contributed by atoms with E-state index in [9.17, 15) is 84.2 Å². The number of aliphatic hydroxyl groups excluding tert-OH is 10. The van der Waals surface area contributed by atoms with E-state index in [0.717, 1.165) is 17.5 Å². The number of nitrogen functional groups attached to an aromatic ring is 1. The summed E-state index contributed by atoms with van der Waals surface area (Å²) in [5.41, 5.74) is 9.62. The van der Waals surface area contributed by atoms with Gasteiger partial charge in [-0.1, -0.05) is 5.75 Å². The Balaban J connectivity index is 0.000000132. The molecule has 17 heterocycles. The molecule has 58 nitrogen and oxygen atoms in total. The highest BCUT2D eigenvalue weighted by Gasteiger charge is 2.57. The molecule has 0 radical (unpaired) electrons. The number of aliphatic hydroxyl groups is 10. The molecular formula is C58H77N21O37P5S+. The molecule has 24 N–H and O–H groups in total. The normalized spacial score (nSPS) is 28.9. The number of hydrogen-bond acceptors (Lipinski definition) is 40. The van der Waals surface area contributed by atoms with Crippen LogP contribution in [0.15, 0.2) is 84.8 Å². The van der Waals surface area contributed by atoms with E-state index in [1.807, 2.05) is 6.92 Å². The maximum atomic E-state index is 11.9. The number of hydrazone groups is 1. The minimum Gasteiger partial charge on any atom is -0.870 e. The maximum Gasteiger partial charge on any atom is 0.470 e. The number of anilines is 2. The number of hydrogen-bond donors (Lipinski definition) is 23. The van der Waals surface area contributed by atoms with Crippen molar-refractivity contribution >= 4 is 125 Å². The molecule has 0 aromatic carbocycles. The maximum absolute atomic E-state index is 11.9. The Morgan fingerprint density at radius 2 is 0.984 bits per heavy atom. The highest BCUT2D eigenvalue weighted by molar-refractivity contribution is 7.59. The van der Waals surface area contributed by atoms with Crippen molar-refractivity contribution in [3.05, 3.63) is 86.1 Å². The van der Waals surface area contributed by atoms with E-state index >= 15 is 0 Å². The zero-order chi connectivity index (χ0) is 89.0. The van der Waals surface area contributed by atoms with Gasteiger partial charge in [0, 0.05) is 20.0 Å². The van der Waals surface area contributed by atoms with Gasteiger partial charge in [0.1, 0.15) is 134 Å². The van der Waals surface area contributed by atoms with Crippen molar-refractivity contribution in [3.8, 4) is 5.75 Å². The fourth-order valence-electron chi connectivity index (χ4n) is 14.1. The molecule has 21 atom stereocenters. The van der Waals surface area contributed by atoms with Gasteiger partial charge in [0.05, 0.1) is 46.9 Å². The van der Waals surface area contributed by atoms with Gasteiger partial charge in [0.2, 0.25) is 24.2 Å². The van der Waals surface area contributed by atoms with Gasteiger partial charge in [0.25, 0.3) is 0 Å². The molecule has 7 aliphatic heterocycles. The second-order valence-electron chi connectivity index (χ2n) is 27.6. The topological polar surface area (TPSA) is 835 Å². The third-order valence-electron chi connectivity index (χ3n) is 19.6. The first-order valence-corrected chi connectivity index (χ1v) is 43.1. The second-order valence-corrected chi connectivity index (χ2v) is 34.2. The largest absolute Gasteiger partial charge is 0.870 e. The van der Waals surface area contributed by atoms with Gasteiger partial charge in [-0.3, -0.25) is 51.3 Å². The molecule has 10 aromatic rings. The first-order chi connectivity index (χ1) is 57.0. The van der Waals surface area contributed by atoms with Crippen molar-refractivity contribution in [2.45, 2.75) is 141 Å². The second kappa shape index (κ2) is 35.0. The average Bonchev–Trinajstić information content (AvgIpc) is 1.56. The van der Waals surface area contributed by atoms with Crippen LogP contribution in [0.4, 0.5) is 11.5 Å². The number of phosphoric ester groups is 5. The molecular weight excluding hydrogens is 1770 g/mol. The van der Waals surface area contributed by atoms with Crippen LogP contribution in [0.5, 0.6) is 5.75 Å². The summed E-state index contributed by atoms with van der Waals surface area (Å²) >= 11 is 5.25. The number of rotatable bonds is 18. The number of aryl methyl sites for hydroxylation is 2. The molecule has 0 amide bonds. The molecule has 2 bridgehead atoms. The van der Waals surface area contributed by atoms with Crippen LogP contribution in [-0.2, 0) is 95.9 Å². The summed E-state index contributed by atoms with van der Waals surface area (Å²) in [5, 5.41) is 136. The Morgan fingerprint density at radius 1 is 0.525 bits per heavy atom. The SMILES string of the molecule is CC1=NN(C)c2ccnc3c2n1c[n+]3[C@@H]1O[C@H](COP(=O)(O)O)[C@@H](O)[C@H]1O.Cn1c[n+]([C@@H]2O[C@H](COP(=O)(O)O)[C@@H](O)[C@H]2O)c2nccc([O-])c21.Cn1c[n+]([C@@H]2O[C@H](COP(=O)(O)O)[C@@H](O)[C@H]2O)c2nccc([S-])c21.N=c1c2ncn([C@@H]3O[C@H](COP(=O)(O)O)[C@@H](O)[C@H]3O)c2ncn1O.Nc1ncnc2c1nc1n2C2O[C@H](C1OP(=O)(O)O)[C@@H](O)[C@H]2O. The van der Waals surface area contributed by atoms with Crippen LogP contribution in [0.2, 0.25) is 0 Å². The van der Waals surface area contributed by atoms with Crippen molar-refractivity contribution in [1.82, 2.24) is 67.4 Å². The monoisotopic (exact) mass is 1850 g/mol. The fraction of sp³-hybridized carbons (Fsp3) is 0.500. The number of nitrogens with two attached hydrogens (primary N) is 1. The van der Waals surface area contributed by atoms with Crippen molar-refractivity contribution in [1.29, 1.82) is 5.41 Å². The highest BCUT2D eigenvalue weighted by Crippen LogP contribution is 2.52. The van der Waals surface area contributed by atoms with Gasteiger partial charge in [-0.05, 0) is 12.1 Å². The minimum absolute atomic E-state index is 0.0280. The van der Waals surface area contributed by atoms with E-state index in [2.05, 4.69) is 63.1 Å². The molecule has 0 spiro atoms. The van der Waals surface area contributed by atoms with Gasteiger partial charge < -0.3 is 152 Å². The molecule has 5 fully saturated rings. The molecule has 122 heavy (non-hydrogen) atoms. The van der Waals surface area contributed by atoms with E-state index in [1.54, 1.807) is 70.8 Å². The first-order valence-electron chi connectivity index (χ1n) is 35.0. The van der Waals surface area contributed by atoms with E-state index in [4.69, 9.17) is 101 Å². The standard InChI is InChI=1S/C14H18N5O7P.C12H16N3O8P.C12H16N3O7PS.C10H14N5O8P.C10H12N5O7P/c1-7-16-17(2)8-3-4-15-13-10(8)18(7)6-19(13)14-12(21)11(20)9(26-14)5-25-27(22,23)24;1-14-5-15(11-8(14)6(16)2-3-13-11)12-10(18)9(17)7(23-12)4-22-24(19,20)21;1-14-5-15(11-8(14)7(24)2-3-13-11)12-10(17)9(16)6(22-12)4-21-23(18,19)20;11-8-5-9(13-3-15(8)18)14(2-12-5)10-7(17)6(16)4(23-10)1-22-24(19,20)21;11-7-2-8(13-1-12-7)15-9(14-2)6(22-23(18,19)20)5-3(16)4(17)10(15)21-5/h3-4,6,9,11-12,14,20-21H,5H2,1-2H3,(H-,22,23,24);2-3,5,7,9-10,12,17-18H,4H2,1H3,(H2-,13,16,19,20,21);2-3,5-6,9-10,12,16-17H,4H2,1H3,(H2-,13,18,19,20,24);2-4,6-7,10-11,16-18H,1H2,(H2,19,20,21);1,3-6,10,16-17H,(H2,11,12,13)(H2,18,19,20)/p+1/t9-,11-,12-,14-;7-,9-,10-,12-;6-,9-,10-,12-;4-,6-,7-,10-;3-,4+,5-,6?,10?/m11110/s1. The highest BCUT2D eigenvalue weighted by atomic mass is 32.1. The quantitative estimate of drug-likeness (QED) is 0.0164. The van der Waals surface area contributed by atoms with Crippen LogP contribution in [-0.4, -0.2) is 304 Å². The summed E-state index contributed by atoms with van der Waals surface area (Å²) in [7, 11) is -18.7. The number of fused-ring (bicyclic) bond motifs is 9. The first kappa shape index (κ1) is 91.5. The number of aromatic nitrogens is 17. The molecule has 64 heteroatoms. The van der Waals surface area contributed by atoms with Gasteiger partial charge in [-0.15, -0.1) is 24.9 Å². The van der Waals surface area contributed by atoms with Gasteiger partial charge in [0.15, 0.2) is 88.0 Å². The van der Waals surface area contributed by atoms with Crippen molar-refractivity contribution in [2.75, 3.05) is 44.2 Å². The van der Waals surface area contributed by atoms with Gasteiger partial charge >= 0.3 is 56.1 Å². The zero-order valence-corrected chi connectivity index (χ0v) is 67.8.